The number of hydrogen-bond acceptors (Lipinski definition) is 3. The van der Waals surface area contributed by atoms with E-state index in [0.29, 0.717) is 0 Å². The van der Waals surface area contributed by atoms with Crippen LogP contribution in [0.3, 0.4) is 0 Å². The van der Waals surface area contributed by atoms with Gasteiger partial charge in [0.25, 0.3) is 0 Å². The second kappa shape index (κ2) is 4.21. The van der Waals surface area contributed by atoms with Crippen molar-refractivity contribution in [3.8, 4) is 0 Å². The van der Waals surface area contributed by atoms with Crippen molar-refractivity contribution < 1.29 is 0 Å². The van der Waals surface area contributed by atoms with Gasteiger partial charge < -0.3 is 10.3 Å². The van der Waals surface area contributed by atoms with Crippen LogP contribution in [0.4, 0.5) is 0 Å². The number of nitrogens with two attached hydrogens (primary N) is 1. The summed E-state index contributed by atoms with van der Waals surface area (Å²) in [5.74, 6) is 0.902. The highest BCUT2D eigenvalue weighted by molar-refractivity contribution is 4.92. The molecule has 0 fully saturated rings. The molecule has 1 atom stereocenters. The number of nitrogens with zero attached hydrogens (tertiary/aromatic N) is 3. The molecule has 68 valence electrons. The van der Waals surface area contributed by atoms with Gasteiger partial charge in [-0.15, -0.1) is 10.2 Å². The first kappa shape index (κ1) is 9.19. The van der Waals surface area contributed by atoms with E-state index in [1.807, 2.05) is 4.57 Å². The zero-order valence-corrected chi connectivity index (χ0v) is 7.70. The average molecular weight is 168 g/mol. The molecule has 1 aromatic heterocycles. The van der Waals surface area contributed by atoms with Crippen LogP contribution in [0.1, 0.15) is 38.6 Å². The SMILES string of the molecule is CCC[C@@H](N)c1nncn1CC. The maximum Gasteiger partial charge on any atom is 0.149 e. The van der Waals surface area contributed by atoms with Gasteiger partial charge in [-0.2, -0.15) is 0 Å². The molecule has 0 spiro atoms. The summed E-state index contributed by atoms with van der Waals surface area (Å²) in [6.07, 6.45) is 3.78. The monoisotopic (exact) mass is 168 g/mol. The molecule has 0 aliphatic heterocycles. The lowest BCUT2D eigenvalue weighted by molar-refractivity contribution is 0.559. The largest absolute Gasteiger partial charge is 0.321 e. The Morgan fingerprint density at radius 2 is 2.33 bits per heavy atom. The van der Waals surface area contributed by atoms with Crippen LogP contribution in [-0.4, -0.2) is 14.8 Å². The van der Waals surface area contributed by atoms with Gasteiger partial charge in [0.05, 0.1) is 6.04 Å². The minimum absolute atomic E-state index is 0.0393. The third-order valence-electron chi connectivity index (χ3n) is 1.92. The average Bonchev–Trinajstić information content (AvgIpc) is 2.51. The summed E-state index contributed by atoms with van der Waals surface area (Å²) in [6, 6.07) is 0.0393. The van der Waals surface area contributed by atoms with Crippen LogP contribution in [0.2, 0.25) is 0 Å². The molecule has 0 saturated heterocycles. The van der Waals surface area contributed by atoms with Crippen molar-refractivity contribution >= 4 is 0 Å². The quantitative estimate of drug-likeness (QED) is 0.732. The third-order valence-corrected chi connectivity index (χ3v) is 1.92. The Hall–Kier alpha value is -0.900. The van der Waals surface area contributed by atoms with Crippen LogP contribution in [0, 0.1) is 0 Å². The van der Waals surface area contributed by atoms with Gasteiger partial charge in [-0.3, -0.25) is 0 Å². The molecule has 0 unspecified atom stereocenters. The summed E-state index contributed by atoms with van der Waals surface area (Å²) in [4.78, 5) is 0. The molecule has 0 saturated carbocycles. The molecular formula is C8H16N4. The van der Waals surface area contributed by atoms with Crippen LogP contribution in [0.25, 0.3) is 0 Å². The lowest BCUT2D eigenvalue weighted by atomic mass is 10.2. The van der Waals surface area contributed by atoms with Crippen molar-refractivity contribution in [1.82, 2.24) is 14.8 Å². The molecule has 4 nitrogen and oxygen atoms in total. The Bertz CT molecular complexity index is 231. The highest BCUT2D eigenvalue weighted by atomic mass is 15.3. The van der Waals surface area contributed by atoms with E-state index in [2.05, 4.69) is 24.0 Å². The molecule has 0 bridgehead atoms. The van der Waals surface area contributed by atoms with E-state index >= 15 is 0 Å². The Labute approximate surface area is 72.8 Å². The van der Waals surface area contributed by atoms with E-state index in [1.165, 1.54) is 0 Å². The fourth-order valence-electron chi connectivity index (χ4n) is 1.23. The Morgan fingerprint density at radius 1 is 1.58 bits per heavy atom. The minimum atomic E-state index is 0.0393. The fourth-order valence-corrected chi connectivity index (χ4v) is 1.23. The first-order valence-corrected chi connectivity index (χ1v) is 4.42. The second-order valence-electron chi connectivity index (χ2n) is 2.87. The summed E-state index contributed by atoms with van der Waals surface area (Å²) in [6.45, 7) is 5.07. The molecule has 0 aliphatic rings. The van der Waals surface area contributed by atoms with Crippen molar-refractivity contribution in [2.45, 2.75) is 39.3 Å². The van der Waals surface area contributed by atoms with E-state index in [9.17, 15) is 0 Å². The van der Waals surface area contributed by atoms with Gasteiger partial charge in [0.1, 0.15) is 12.2 Å². The van der Waals surface area contributed by atoms with Gasteiger partial charge >= 0.3 is 0 Å². The summed E-state index contributed by atoms with van der Waals surface area (Å²) in [5, 5.41) is 7.82. The molecule has 12 heavy (non-hydrogen) atoms. The molecular weight excluding hydrogens is 152 g/mol. The van der Waals surface area contributed by atoms with E-state index in [1.54, 1.807) is 6.33 Å². The predicted molar refractivity (Wildman–Crippen MR) is 47.5 cm³/mol. The molecule has 1 heterocycles. The van der Waals surface area contributed by atoms with Crippen LogP contribution in [0.5, 0.6) is 0 Å². The maximum atomic E-state index is 5.90. The summed E-state index contributed by atoms with van der Waals surface area (Å²) >= 11 is 0. The van der Waals surface area contributed by atoms with Crippen molar-refractivity contribution in [2.24, 2.45) is 5.73 Å². The normalized spacial score (nSPS) is 13.2. The molecule has 4 heteroatoms. The zero-order chi connectivity index (χ0) is 8.97. The van der Waals surface area contributed by atoms with Gasteiger partial charge in [-0.1, -0.05) is 13.3 Å². The van der Waals surface area contributed by atoms with Crippen LogP contribution >= 0.6 is 0 Å². The summed E-state index contributed by atoms with van der Waals surface area (Å²) in [7, 11) is 0. The molecule has 0 amide bonds. The van der Waals surface area contributed by atoms with Crippen molar-refractivity contribution in [3.63, 3.8) is 0 Å². The standard InChI is InChI=1S/C8H16N4/c1-3-5-7(9)8-11-10-6-12(8)4-2/h6-7H,3-5,9H2,1-2H3/t7-/m1/s1. The van der Waals surface area contributed by atoms with E-state index in [-0.39, 0.29) is 6.04 Å². The summed E-state index contributed by atoms with van der Waals surface area (Å²) < 4.78 is 1.99. The number of aryl methyl sites for hydroxylation is 1. The third kappa shape index (κ3) is 1.82. The molecule has 1 rings (SSSR count). The second-order valence-corrected chi connectivity index (χ2v) is 2.87. The van der Waals surface area contributed by atoms with E-state index in [4.69, 9.17) is 5.73 Å². The van der Waals surface area contributed by atoms with Gasteiger partial charge in [0.2, 0.25) is 0 Å². The Morgan fingerprint density at radius 3 is 2.92 bits per heavy atom. The van der Waals surface area contributed by atoms with Crippen molar-refractivity contribution in [3.05, 3.63) is 12.2 Å². The van der Waals surface area contributed by atoms with Gasteiger partial charge in [0, 0.05) is 6.54 Å². The highest BCUT2D eigenvalue weighted by Gasteiger charge is 2.10. The lowest BCUT2D eigenvalue weighted by Gasteiger charge is -2.09. The number of rotatable bonds is 4. The fraction of sp³-hybridized carbons (Fsp3) is 0.750. The topological polar surface area (TPSA) is 56.7 Å². The van der Waals surface area contributed by atoms with Gasteiger partial charge in [0.15, 0.2) is 0 Å². The van der Waals surface area contributed by atoms with E-state index < -0.39 is 0 Å². The van der Waals surface area contributed by atoms with Gasteiger partial charge in [-0.25, -0.2) is 0 Å². The Kier molecular flexibility index (Phi) is 3.22. The molecule has 2 N–H and O–H groups in total. The Balaban J connectivity index is 2.71. The van der Waals surface area contributed by atoms with Crippen molar-refractivity contribution in [1.29, 1.82) is 0 Å². The zero-order valence-electron chi connectivity index (χ0n) is 7.70. The molecule has 0 radical (unpaired) electrons. The van der Waals surface area contributed by atoms with Crippen LogP contribution in [0.15, 0.2) is 6.33 Å². The smallest absolute Gasteiger partial charge is 0.149 e. The lowest BCUT2D eigenvalue weighted by Crippen LogP contribution is -2.15. The highest BCUT2D eigenvalue weighted by Crippen LogP contribution is 2.11. The number of aromatic nitrogens is 3. The molecule has 1 aromatic rings. The van der Waals surface area contributed by atoms with Crippen molar-refractivity contribution in [2.75, 3.05) is 0 Å². The minimum Gasteiger partial charge on any atom is -0.321 e. The first-order valence-electron chi connectivity index (χ1n) is 4.42. The van der Waals surface area contributed by atoms with Crippen LogP contribution in [-0.2, 0) is 6.54 Å². The summed E-state index contributed by atoms with van der Waals surface area (Å²) in [5.41, 5.74) is 5.90. The molecule has 0 aromatic carbocycles. The van der Waals surface area contributed by atoms with E-state index in [0.717, 1.165) is 25.2 Å². The predicted octanol–water partition coefficient (Wildman–Crippen LogP) is 1.10. The van der Waals surface area contributed by atoms with Gasteiger partial charge in [-0.05, 0) is 13.3 Å². The first-order chi connectivity index (χ1) is 5.79. The maximum absolute atomic E-state index is 5.90. The molecule has 0 aliphatic carbocycles. The van der Waals surface area contributed by atoms with Crippen LogP contribution < -0.4 is 5.73 Å². The number of hydrogen-bond donors (Lipinski definition) is 1.